The van der Waals surface area contributed by atoms with E-state index in [0.29, 0.717) is 17.5 Å². The number of carbonyl (C=O) groups is 1. The first-order valence-corrected chi connectivity index (χ1v) is 5.97. The fourth-order valence-corrected chi connectivity index (χ4v) is 1.84. The molecule has 1 heterocycles. The number of aromatic nitrogens is 1. The Morgan fingerprint density at radius 3 is 2.94 bits per heavy atom. The third-order valence-electron chi connectivity index (χ3n) is 2.36. The van der Waals surface area contributed by atoms with E-state index in [2.05, 4.69) is 9.38 Å². The van der Waals surface area contributed by atoms with Gasteiger partial charge in [0.05, 0.1) is 17.5 Å². The van der Waals surface area contributed by atoms with Crippen LogP contribution in [0.2, 0.25) is 0 Å². The van der Waals surface area contributed by atoms with Gasteiger partial charge in [-0.1, -0.05) is 11.6 Å². The largest absolute Gasteiger partial charge is 0.359 e. The predicted molar refractivity (Wildman–Crippen MR) is 74.1 cm³/mol. The summed E-state index contributed by atoms with van der Waals surface area (Å²) in [5.41, 5.74) is 6.94. The second-order valence-corrected chi connectivity index (χ2v) is 4.59. The number of rotatable bonds is 2. The van der Waals surface area contributed by atoms with Crippen molar-refractivity contribution in [1.29, 1.82) is 0 Å². The molecule has 6 heteroatoms. The van der Waals surface area contributed by atoms with Gasteiger partial charge in [0.25, 0.3) is 10.8 Å². The average Bonchev–Trinajstić information content (AvgIpc) is 2.30. The molecule has 18 heavy (non-hydrogen) atoms. The Hall–Kier alpha value is -2.08. The van der Waals surface area contributed by atoms with Crippen molar-refractivity contribution >= 4 is 34.3 Å². The molecule has 3 N–H and O–H groups in total. The van der Waals surface area contributed by atoms with Crippen LogP contribution in [0.25, 0.3) is 10.9 Å². The van der Waals surface area contributed by atoms with Gasteiger partial charge in [-0.05, 0) is 30.5 Å². The van der Waals surface area contributed by atoms with Gasteiger partial charge in [0, 0.05) is 11.7 Å². The third kappa shape index (κ3) is 2.78. The molecule has 0 saturated carbocycles. The molecular formula is C12H11N3O2S. The molecule has 5 nitrogen and oxygen atoms in total. The SMILES string of the molecule is Cc1ccc2[nH]c(=O)c(/C=N/SC(N)=O)cc2c1. The van der Waals surface area contributed by atoms with E-state index in [1.165, 1.54) is 6.21 Å². The van der Waals surface area contributed by atoms with Crippen LogP contribution in [-0.4, -0.2) is 16.4 Å². The van der Waals surface area contributed by atoms with E-state index in [1.54, 1.807) is 6.07 Å². The van der Waals surface area contributed by atoms with Crippen molar-refractivity contribution < 1.29 is 4.79 Å². The number of hydrogen-bond donors (Lipinski definition) is 2. The van der Waals surface area contributed by atoms with Crippen LogP contribution in [0.5, 0.6) is 0 Å². The van der Waals surface area contributed by atoms with Crippen molar-refractivity contribution in [1.82, 2.24) is 4.98 Å². The zero-order valence-corrected chi connectivity index (χ0v) is 10.5. The van der Waals surface area contributed by atoms with Gasteiger partial charge in [-0.3, -0.25) is 9.59 Å². The van der Waals surface area contributed by atoms with Crippen molar-refractivity contribution in [3.8, 4) is 0 Å². The molecule has 0 aliphatic heterocycles. The molecule has 0 bridgehead atoms. The number of H-pyrrole nitrogens is 1. The molecule has 2 aromatic rings. The fourth-order valence-electron chi connectivity index (χ4n) is 1.57. The Labute approximate surface area is 107 Å². The summed E-state index contributed by atoms with van der Waals surface area (Å²) in [6.07, 6.45) is 1.33. The number of aromatic amines is 1. The Balaban J connectivity index is 2.45. The molecule has 0 saturated heterocycles. The molecule has 1 aromatic heterocycles. The smallest absolute Gasteiger partial charge is 0.298 e. The average molecular weight is 261 g/mol. The Bertz CT molecular complexity index is 691. The Morgan fingerprint density at radius 1 is 1.44 bits per heavy atom. The number of primary amides is 1. The molecule has 0 unspecified atom stereocenters. The number of nitrogens with zero attached hydrogens (tertiary/aromatic N) is 1. The van der Waals surface area contributed by atoms with Gasteiger partial charge >= 0.3 is 0 Å². The summed E-state index contributed by atoms with van der Waals surface area (Å²) < 4.78 is 3.73. The van der Waals surface area contributed by atoms with Crippen LogP contribution in [0.1, 0.15) is 11.1 Å². The first-order valence-electron chi connectivity index (χ1n) is 5.20. The molecule has 0 aliphatic rings. The summed E-state index contributed by atoms with van der Waals surface area (Å²) in [4.78, 5) is 25.0. The lowest BCUT2D eigenvalue weighted by Crippen LogP contribution is -2.11. The van der Waals surface area contributed by atoms with E-state index in [4.69, 9.17) is 5.73 Å². The first-order chi connectivity index (χ1) is 8.56. The maximum absolute atomic E-state index is 11.7. The number of benzene rings is 1. The summed E-state index contributed by atoms with van der Waals surface area (Å²) >= 11 is 0.599. The zero-order chi connectivity index (χ0) is 13.1. The van der Waals surface area contributed by atoms with Gasteiger partial charge in [-0.15, -0.1) is 0 Å². The summed E-state index contributed by atoms with van der Waals surface area (Å²) in [6.45, 7) is 1.97. The van der Waals surface area contributed by atoms with Crippen molar-refractivity contribution in [3.63, 3.8) is 0 Å². The van der Waals surface area contributed by atoms with Gasteiger partial charge in [0.15, 0.2) is 0 Å². The van der Waals surface area contributed by atoms with E-state index in [-0.39, 0.29) is 5.56 Å². The van der Waals surface area contributed by atoms with Crippen molar-refractivity contribution in [2.45, 2.75) is 6.92 Å². The Kier molecular flexibility index (Phi) is 3.47. The molecule has 0 spiro atoms. The zero-order valence-electron chi connectivity index (χ0n) is 9.64. The number of carbonyl (C=O) groups excluding carboxylic acids is 1. The highest BCUT2D eigenvalue weighted by atomic mass is 32.2. The van der Waals surface area contributed by atoms with Gasteiger partial charge in [-0.2, -0.15) is 0 Å². The lowest BCUT2D eigenvalue weighted by Gasteiger charge is -2.00. The number of aryl methyl sites for hydroxylation is 1. The first kappa shape index (κ1) is 12.4. The summed E-state index contributed by atoms with van der Waals surface area (Å²) in [6, 6.07) is 7.47. The maximum Gasteiger partial charge on any atom is 0.298 e. The summed E-state index contributed by atoms with van der Waals surface area (Å²) in [5, 5.41) is 0.305. The third-order valence-corrected chi connectivity index (χ3v) is 2.75. The molecule has 1 amide bonds. The monoisotopic (exact) mass is 261 g/mol. The van der Waals surface area contributed by atoms with Gasteiger partial charge in [-0.25, -0.2) is 4.40 Å². The minimum Gasteiger partial charge on any atom is -0.359 e. The van der Waals surface area contributed by atoms with Gasteiger partial charge in [0.2, 0.25) is 0 Å². The molecular weight excluding hydrogens is 250 g/mol. The second-order valence-electron chi connectivity index (χ2n) is 3.79. The standard InChI is InChI=1S/C12H11N3O2S/c1-7-2-3-10-8(4-7)5-9(11(16)15-10)6-14-18-12(13)17/h2-6H,1H3,(H2,13,17)(H,15,16)/b14-6+. The van der Waals surface area contributed by atoms with E-state index in [1.807, 2.05) is 25.1 Å². The van der Waals surface area contributed by atoms with Crippen LogP contribution in [-0.2, 0) is 0 Å². The van der Waals surface area contributed by atoms with Gasteiger partial charge in [0.1, 0.15) is 0 Å². The lowest BCUT2D eigenvalue weighted by molar-refractivity contribution is 0.267. The summed E-state index contributed by atoms with van der Waals surface area (Å²) in [5.74, 6) is 0. The number of nitrogens with one attached hydrogen (secondary N) is 1. The predicted octanol–water partition coefficient (Wildman–Crippen LogP) is 1.98. The lowest BCUT2D eigenvalue weighted by atomic mass is 10.1. The minimum atomic E-state index is -0.612. The molecule has 92 valence electrons. The molecule has 0 fully saturated rings. The molecule has 0 aliphatic carbocycles. The highest BCUT2D eigenvalue weighted by Gasteiger charge is 2.01. The molecule has 0 atom stereocenters. The van der Waals surface area contributed by atoms with Crippen LogP contribution >= 0.6 is 11.9 Å². The van der Waals surface area contributed by atoms with Crippen LogP contribution in [0, 0.1) is 6.92 Å². The normalized spacial score (nSPS) is 11.2. The number of pyridine rings is 1. The quantitative estimate of drug-likeness (QED) is 0.640. The number of amides is 1. The molecule has 2 rings (SSSR count). The second kappa shape index (κ2) is 5.05. The highest BCUT2D eigenvalue weighted by molar-refractivity contribution is 8.12. The van der Waals surface area contributed by atoms with E-state index in [9.17, 15) is 9.59 Å². The number of hydrogen-bond acceptors (Lipinski definition) is 4. The van der Waals surface area contributed by atoms with Crippen LogP contribution in [0.15, 0.2) is 33.5 Å². The highest BCUT2D eigenvalue weighted by Crippen LogP contribution is 2.12. The van der Waals surface area contributed by atoms with Crippen LogP contribution in [0.3, 0.4) is 0 Å². The van der Waals surface area contributed by atoms with E-state index >= 15 is 0 Å². The van der Waals surface area contributed by atoms with Crippen LogP contribution in [0.4, 0.5) is 4.79 Å². The maximum atomic E-state index is 11.7. The molecule has 1 aromatic carbocycles. The fraction of sp³-hybridized carbons (Fsp3) is 0.0833. The number of fused-ring (bicyclic) bond motifs is 1. The Morgan fingerprint density at radius 2 is 2.22 bits per heavy atom. The van der Waals surface area contributed by atoms with E-state index < -0.39 is 5.24 Å². The van der Waals surface area contributed by atoms with Crippen molar-refractivity contribution in [2.24, 2.45) is 10.1 Å². The van der Waals surface area contributed by atoms with Crippen molar-refractivity contribution in [2.75, 3.05) is 0 Å². The number of nitrogens with two attached hydrogens (primary N) is 1. The minimum absolute atomic E-state index is 0.250. The topological polar surface area (TPSA) is 88.3 Å². The van der Waals surface area contributed by atoms with Gasteiger partial charge < -0.3 is 10.7 Å². The summed E-state index contributed by atoms with van der Waals surface area (Å²) in [7, 11) is 0. The molecule has 0 radical (unpaired) electrons. The van der Waals surface area contributed by atoms with E-state index in [0.717, 1.165) is 16.5 Å². The van der Waals surface area contributed by atoms with Crippen molar-refractivity contribution in [3.05, 3.63) is 45.7 Å². The van der Waals surface area contributed by atoms with Crippen LogP contribution < -0.4 is 11.3 Å².